The Labute approximate surface area is 188 Å². The number of amides is 1. The van der Waals surface area contributed by atoms with Crippen LogP contribution < -0.4 is 10.9 Å². The van der Waals surface area contributed by atoms with Crippen LogP contribution in [0.15, 0.2) is 40.3 Å². The second-order valence-electron chi connectivity index (χ2n) is 7.22. The number of aryl methyl sites for hydroxylation is 1. The second-order valence-corrected chi connectivity index (χ2v) is 10.4. The number of carboxylic acid groups (broad SMARTS) is 1. The summed E-state index contributed by atoms with van der Waals surface area (Å²) in [5, 5.41) is 12.2. The summed E-state index contributed by atoms with van der Waals surface area (Å²) < 4.78 is 26.6. The predicted octanol–water partition coefficient (Wildman–Crippen LogP) is 2.30. The minimum absolute atomic E-state index is 0.0348. The van der Waals surface area contributed by atoms with Crippen molar-refractivity contribution in [1.29, 1.82) is 0 Å². The number of benzene rings is 1. The minimum atomic E-state index is -3.59. The van der Waals surface area contributed by atoms with Crippen LogP contribution >= 0.6 is 11.3 Å². The zero-order valence-electron chi connectivity index (χ0n) is 17.8. The summed E-state index contributed by atoms with van der Waals surface area (Å²) in [7, 11) is -0.745. The number of hydrogen-bond donors (Lipinski definition) is 2. The van der Waals surface area contributed by atoms with Crippen LogP contribution in [-0.2, 0) is 14.8 Å². The van der Waals surface area contributed by atoms with E-state index in [0.717, 1.165) is 15.6 Å². The monoisotopic (exact) mass is 478 g/mol. The number of aromatic nitrogens is 2. The molecule has 1 atom stereocenters. The maximum absolute atomic E-state index is 13.0. The van der Waals surface area contributed by atoms with E-state index in [1.54, 1.807) is 13.8 Å². The van der Waals surface area contributed by atoms with Crippen molar-refractivity contribution in [3.63, 3.8) is 0 Å². The molecule has 10 nitrogen and oxygen atoms in total. The highest BCUT2D eigenvalue weighted by molar-refractivity contribution is 7.89. The van der Waals surface area contributed by atoms with Crippen molar-refractivity contribution in [2.75, 3.05) is 19.4 Å². The van der Waals surface area contributed by atoms with Gasteiger partial charge < -0.3 is 10.4 Å². The van der Waals surface area contributed by atoms with Crippen LogP contribution in [0, 0.1) is 6.92 Å². The normalized spacial score (nSPS) is 12.8. The van der Waals surface area contributed by atoms with Crippen molar-refractivity contribution in [3.8, 4) is 0 Å². The molecule has 2 heterocycles. The van der Waals surface area contributed by atoms with Crippen LogP contribution in [0.1, 0.15) is 34.6 Å². The Morgan fingerprint density at radius 2 is 1.88 bits per heavy atom. The predicted molar refractivity (Wildman–Crippen MR) is 121 cm³/mol. The summed E-state index contributed by atoms with van der Waals surface area (Å²) in [6.45, 7) is 3.27. The quantitative estimate of drug-likeness (QED) is 0.531. The Morgan fingerprint density at radius 3 is 2.41 bits per heavy atom. The molecule has 2 N–H and O–H groups in total. The van der Waals surface area contributed by atoms with Crippen LogP contribution in [0.5, 0.6) is 0 Å². The molecule has 0 saturated carbocycles. The number of carbonyl (C=O) groups is 2. The lowest BCUT2D eigenvalue weighted by atomic mass is 10.1. The van der Waals surface area contributed by atoms with E-state index in [2.05, 4.69) is 10.3 Å². The molecule has 12 heteroatoms. The van der Waals surface area contributed by atoms with Gasteiger partial charge in [0.05, 0.1) is 16.6 Å². The van der Waals surface area contributed by atoms with Crippen LogP contribution in [0.3, 0.4) is 0 Å². The third-order valence-electron chi connectivity index (χ3n) is 5.00. The molecule has 1 amide bonds. The summed E-state index contributed by atoms with van der Waals surface area (Å²) in [6.07, 6.45) is 1.52. The number of nitrogens with one attached hydrogen (secondary N) is 1. The number of carboxylic acids is 1. The molecule has 170 valence electrons. The lowest BCUT2D eigenvalue weighted by molar-refractivity contribution is -0.119. The highest BCUT2D eigenvalue weighted by Gasteiger charge is 2.25. The van der Waals surface area contributed by atoms with E-state index in [1.165, 1.54) is 49.3 Å². The van der Waals surface area contributed by atoms with Gasteiger partial charge in [0.25, 0.3) is 5.56 Å². The number of carbonyl (C=O) groups excluding carboxylic acids is 1. The maximum atomic E-state index is 13.0. The summed E-state index contributed by atoms with van der Waals surface area (Å²) in [6, 6.07) is 4.81. The zero-order chi connectivity index (χ0) is 23.8. The Bertz CT molecular complexity index is 1360. The number of nitrogens with zero attached hydrogens (tertiary/aromatic N) is 3. The largest absolute Gasteiger partial charge is 0.477 e. The highest BCUT2D eigenvalue weighted by atomic mass is 32.2. The van der Waals surface area contributed by atoms with Gasteiger partial charge in [-0.15, -0.1) is 11.3 Å². The zero-order valence-corrected chi connectivity index (χ0v) is 19.5. The molecule has 0 aliphatic heterocycles. The van der Waals surface area contributed by atoms with E-state index >= 15 is 0 Å². The summed E-state index contributed by atoms with van der Waals surface area (Å²) in [5.41, 5.74) is 0.191. The average molecular weight is 479 g/mol. The SMILES string of the molecule is CCC(C(=O)Nc1ccc(S(=O)(=O)N(C)C)cc1)n1cnc2sc(C(=O)O)c(C)c2c1=O. The van der Waals surface area contributed by atoms with Crippen LogP contribution in [0.25, 0.3) is 10.2 Å². The number of fused-ring (bicyclic) bond motifs is 1. The van der Waals surface area contributed by atoms with Crippen molar-refractivity contribution < 1.29 is 23.1 Å². The lowest BCUT2D eigenvalue weighted by Gasteiger charge is -2.18. The first-order valence-corrected chi connectivity index (χ1v) is 11.8. The van der Waals surface area contributed by atoms with Crippen LogP contribution in [0.2, 0.25) is 0 Å². The molecule has 2 aromatic heterocycles. The van der Waals surface area contributed by atoms with Gasteiger partial charge in [0.1, 0.15) is 15.7 Å². The summed E-state index contributed by atoms with van der Waals surface area (Å²) in [4.78, 5) is 41.9. The van der Waals surface area contributed by atoms with Gasteiger partial charge in [0.15, 0.2) is 0 Å². The molecule has 1 unspecified atom stereocenters. The van der Waals surface area contributed by atoms with Crippen molar-refractivity contribution in [3.05, 3.63) is 51.4 Å². The average Bonchev–Trinajstić information content (AvgIpc) is 3.08. The molecule has 3 rings (SSSR count). The first-order valence-electron chi connectivity index (χ1n) is 9.56. The van der Waals surface area contributed by atoms with Gasteiger partial charge >= 0.3 is 5.97 Å². The molecule has 1 aromatic carbocycles. The number of hydrogen-bond acceptors (Lipinski definition) is 7. The van der Waals surface area contributed by atoms with Gasteiger partial charge in [-0.05, 0) is 43.2 Å². The fraction of sp³-hybridized carbons (Fsp3) is 0.300. The van der Waals surface area contributed by atoms with E-state index in [0.29, 0.717) is 16.1 Å². The van der Waals surface area contributed by atoms with Gasteiger partial charge in [0.2, 0.25) is 15.9 Å². The molecule has 0 aliphatic carbocycles. The number of sulfonamides is 1. The van der Waals surface area contributed by atoms with E-state index in [9.17, 15) is 27.9 Å². The molecule has 0 bridgehead atoms. The second kappa shape index (κ2) is 8.81. The lowest BCUT2D eigenvalue weighted by Crippen LogP contribution is -2.33. The van der Waals surface area contributed by atoms with E-state index in [1.807, 2.05) is 0 Å². The Balaban J connectivity index is 1.92. The van der Waals surface area contributed by atoms with Gasteiger partial charge in [-0.1, -0.05) is 6.92 Å². The van der Waals surface area contributed by atoms with Gasteiger partial charge in [0, 0.05) is 19.8 Å². The molecular weight excluding hydrogens is 456 g/mol. The van der Waals surface area contributed by atoms with Gasteiger partial charge in [-0.3, -0.25) is 14.2 Å². The third kappa shape index (κ3) is 4.16. The van der Waals surface area contributed by atoms with Crippen molar-refractivity contribution >= 4 is 49.1 Å². The molecule has 0 saturated heterocycles. The molecular formula is C20H22N4O6S2. The Kier molecular flexibility index (Phi) is 6.49. The summed E-state index contributed by atoms with van der Waals surface area (Å²) >= 11 is 0.913. The molecule has 32 heavy (non-hydrogen) atoms. The molecule has 0 radical (unpaired) electrons. The minimum Gasteiger partial charge on any atom is -0.477 e. The number of aromatic carboxylic acids is 1. The smallest absolute Gasteiger partial charge is 0.346 e. The van der Waals surface area contributed by atoms with Gasteiger partial charge in [-0.2, -0.15) is 0 Å². The fourth-order valence-electron chi connectivity index (χ4n) is 3.22. The first-order chi connectivity index (χ1) is 15.0. The summed E-state index contributed by atoms with van der Waals surface area (Å²) in [5.74, 6) is -1.62. The molecule has 3 aromatic rings. The number of rotatable bonds is 7. The Hall–Kier alpha value is -3.09. The molecule has 0 spiro atoms. The van der Waals surface area contributed by atoms with Crippen molar-refractivity contribution in [1.82, 2.24) is 13.9 Å². The standard InChI is InChI=1S/C20H22N4O6S2/c1-5-14(17(25)22-12-6-8-13(9-7-12)32(29,30)23(3)4)24-10-21-18-15(19(24)26)11(2)16(31-18)20(27)28/h6-10,14H,5H2,1-4H3,(H,22,25)(H,27,28). The van der Waals surface area contributed by atoms with Crippen molar-refractivity contribution in [2.45, 2.75) is 31.2 Å². The highest BCUT2D eigenvalue weighted by Crippen LogP contribution is 2.27. The first kappa shape index (κ1) is 23.6. The number of thiophene rings is 1. The third-order valence-corrected chi connectivity index (χ3v) is 8.01. The van der Waals surface area contributed by atoms with Crippen molar-refractivity contribution in [2.24, 2.45) is 0 Å². The maximum Gasteiger partial charge on any atom is 0.346 e. The van der Waals surface area contributed by atoms with E-state index in [4.69, 9.17) is 0 Å². The van der Waals surface area contributed by atoms with Crippen LogP contribution in [0.4, 0.5) is 5.69 Å². The topological polar surface area (TPSA) is 139 Å². The Morgan fingerprint density at radius 1 is 1.25 bits per heavy atom. The van der Waals surface area contributed by atoms with E-state index in [-0.39, 0.29) is 21.6 Å². The molecule has 0 fully saturated rings. The molecule has 0 aliphatic rings. The van der Waals surface area contributed by atoms with Crippen LogP contribution in [-0.4, -0.2) is 53.4 Å². The van der Waals surface area contributed by atoms with E-state index < -0.39 is 33.5 Å². The fourth-order valence-corrected chi connectivity index (χ4v) is 5.10. The van der Waals surface area contributed by atoms with Gasteiger partial charge in [-0.25, -0.2) is 22.5 Å². The number of anilines is 1.